The quantitative estimate of drug-likeness (QED) is 0.252. The van der Waals surface area contributed by atoms with E-state index in [1.165, 1.54) is 24.4 Å². The van der Waals surface area contributed by atoms with Crippen molar-refractivity contribution in [3.8, 4) is 11.3 Å². The highest BCUT2D eigenvalue weighted by Crippen LogP contribution is 2.33. The molecule has 2 amide bonds. The van der Waals surface area contributed by atoms with Gasteiger partial charge in [-0.05, 0) is 54.4 Å². The summed E-state index contributed by atoms with van der Waals surface area (Å²) < 4.78 is 5.59. The van der Waals surface area contributed by atoms with Crippen LogP contribution < -0.4 is 10.7 Å². The van der Waals surface area contributed by atoms with Crippen LogP contribution in [0.15, 0.2) is 64.1 Å². The molecule has 2 N–H and O–H groups in total. The standard InChI is InChI=1S/C23H20Cl2N4O5/c1-13(2)21(27-22(30)14-3-5-15(24)6-4-14)23(31)28-26-12-17-8-10-20(34-17)18-9-7-16(25)11-19(18)29(32)33/h3-13,21H,1-2H3,(H,27,30)(H,28,31)/b26-12-. The van der Waals surface area contributed by atoms with Crippen LogP contribution in [0.5, 0.6) is 0 Å². The zero-order chi connectivity index (χ0) is 24.8. The Labute approximate surface area is 204 Å². The topological polar surface area (TPSA) is 127 Å². The average molecular weight is 503 g/mol. The third-order valence-corrected chi connectivity index (χ3v) is 5.24. The van der Waals surface area contributed by atoms with Gasteiger partial charge in [0.2, 0.25) is 0 Å². The van der Waals surface area contributed by atoms with Crippen molar-refractivity contribution in [3.05, 3.63) is 86.1 Å². The minimum atomic E-state index is -0.843. The molecule has 0 bridgehead atoms. The molecule has 1 heterocycles. The first-order valence-corrected chi connectivity index (χ1v) is 10.8. The molecule has 34 heavy (non-hydrogen) atoms. The number of furan rings is 1. The van der Waals surface area contributed by atoms with E-state index in [4.69, 9.17) is 27.6 Å². The summed E-state index contributed by atoms with van der Waals surface area (Å²) in [6.07, 6.45) is 1.25. The molecule has 0 fully saturated rings. The van der Waals surface area contributed by atoms with E-state index >= 15 is 0 Å². The third kappa shape index (κ3) is 6.21. The van der Waals surface area contributed by atoms with Crippen LogP contribution in [0, 0.1) is 16.0 Å². The summed E-state index contributed by atoms with van der Waals surface area (Å²) in [6.45, 7) is 3.57. The minimum Gasteiger partial charge on any atom is -0.455 e. The van der Waals surface area contributed by atoms with Crippen molar-refractivity contribution in [1.82, 2.24) is 10.7 Å². The van der Waals surface area contributed by atoms with Crippen LogP contribution in [0.3, 0.4) is 0 Å². The van der Waals surface area contributed by atoms with Gasteiger partial charge in [0.1, 0.15) is 17.6 Å². The van der Waals surface area contributed by atoms with Crippen LogP contribution in [0.2, 0.25) is 10.0 Å². The zero-order valence-electron chi connectivity index (χ0n) is 18.1. The van der Waals surface area contributed by atoms with Crippen molar-refractivity contribution < 1.29 is 18.9 Å². The number of benzene rings is 2. The van der Waals surface area contributed by atoms with E-state index in [9.17, 15) is 19.7 Å². The molecule has 0 aliphatic heterocycles. The Morgan fingerprint density at radius 1 is 1.06 bits per heavy atom. The van der Waals surface area contributed by atoms with Gasteiger partial charge in [0.25, 0.3) is 17.5 Å². The average Bonchev–Trinajstić information content (AvgIpc) is 3.26. The Kier molecular flexibility index (Phi) is 8.04. The summed E-state index contributed by atoms with van der Waals surface area (Å²) in [5.41, 5.74) is 2.79. The second kappa shape index (κ2) is 11.0. The van der Waals surface area contributed by atoms with Crippen LogP contribution in [-0.4, -0.2) is 29.0 Å². The Bertz CT molecular complexity index is 1240. The molecular formula is C23H20Cl2N4O5. The molecule has 0 saturated carbocycles. The van der Waals surface area contributed by atoms with Gasteiger partial charge in [0, 0.05) is 21.7 Å². The third-order valence-electron chi connectivity index (χ3n) is 4.76. The van der Waals surface area contributed by atoms with E-state index < -0.39 is 22.8 Å². The number of nitrogens with one attached hydrogen (secondary N) is 2. The molecule has 1 aromatic heterocycles. The van der Waals surface area contributed by atoms with Gasteiger partial charge >= 0.3 is 0 Å². The van der Waals surface area contributed by atoms with E-state index in [-0.39, 0.29) is 33.7 Å². The molecule has 1 atom stereocenters. The maximum atomic E-state index is 12.6. The summed E-state index contributed by atoms with van der Waals surface area (Å²) in [6, 6.07) is 12.8. The fraction of sp³-hybridized carbons (Fsp3) is 0.174. The predicted octanol–water partition coefficient (Wildman–Crippen LogP) is 5.07. The number of rotatable bonds is 8. The lowest BCUT2D eigenvalue weighted by Gasteiger charge is -2.20. The number of amides is 2. The van der Waals surface area contributed by atoms with Gasteiger partial charge in [-0.15, -0.1) is 0 Å². The van der Waals surface area contributed by atoms with Gasteiger partial charge in [-0.1, -0.05) is 37.0 Å². The number of nitro benzene ring substituents is 1. The van der Waals surface area contributed by atoms with Crippen molar-refractivity contribution in [2.45, 2.75) is 19.9 Å². The molecule has 176 valence electrons. The van der Waals surface area contributed by atoms with Gasteiger partial charge in [-0.25, -0.2) is 5.43 Å². The second-order valence-electron chi connectivity index (χ2n) is 7.56. The first kappa shape index (κ1) is 24.9. The number of halogens is 2. The molecule has 3 aromatic rings. The summed E-state index contributed by atoms with van der Waals surface area (Å²) >= 11 is 11.7. The summed E-state index contributed by atoms with van der Waals surface area (Å²) in [5, 5.41) is 18.6. The molecule has 0 spiro atoms. The van der Waals surface area contributed by atoms with Crippen LogP contribution in [0.1, 0.15) is 30.0 Å². The Hall–Kier alpha value is -3.69. The first-order valence-electron chi connectivity index (χ1n) is 10.1. The molecule has 11 heteroatoms. The minimum absolute atomic E-state index is 0.199. The van der Waals surface area contributed by atoms with Gasteiger partial charge < -0.3 is 9.73 Å². The highest BCUT2D eigenvalue weighted by molar-refractivity contribution is 6.31. The summed E-state index contributed by atoms with van der Waals surface area (Å²) in [5.74, 6) is -0.659. The first-order chi connectivity index (χ1) is 16.2. The normalized spacial score (nSPS) is 12.0. The SMILES string of the molecule is CC(C)C(NC(=O)c1ccc(Cl)cc1)C(=O)N/N=C\c1ccc(-c2ccc(Cl)cc2[N+](=O)[O-])o1. The molecule has 0 saturated heterocycles. The number of hydrogen-bond acceptors (Lipinski definition) is 6. The lowest BCUT2D eigenvalue weighted by molar-refractivity contribution is -0.384. The molecular weight excluding hydrogens is 483 g/mol. The highest BCUT2D eigenvalue weighted by Gasteiger charge is 2.24. The number of hydrogen-bond donors (Lipinski definition) is 2. The van der Waals surface area contributed by atoms with Crippen molar-refractivity contribution >= 4 is 46.9 Å². The summed E-state index contributed by atoms with van der Waals surface area (Å²) in [4.78, 5) is 35.8. The fourth-order valence-electron chi connectivity index (χ4n) is 3.02. The Morgan fingerprint density at radius 3 is 2.38 bits per heavy atom. The van der Waals surface area contributed by atoms with Crippen molar-refractivity contribution in [3.63, 3.8) is 0 Å². The van der Waals surface area contributed by atoms with E-state index in [0.29, 0.717) is 10.6 Å². The molecule has 1 unspecified atom stereocenters. The van der Waals surface area contributed by atoms with Gasteiger partial charge in [0.15, 0.2) is 0 Å². The van der Waals surface area contributed by atoms with E-state index in [2.05, 4.69) is 15.8 Å². The largest absolute Gasteiger partial charge is 0.455 e. The number of hydrazone groups is 1. The number of carbonyl (C=O) groups excluding carboxylic acids is 2. The smallest absolute Gasteiger partial charge is 0.281 e. The van der Waals surface area contributed by atoms with Crippen LogP contribution in [0.4, 0.5) is 5.69 Å². The molecule has 0 radical (unpaired) electrons. The highest BCUT2D eigenvalue weighted by atomic mass is 35.5. The Morgan fingerprint density at radius 2 is 1.74 bits per heavy atom. The van der Waals surface area contributed by atoms with Crippen LogP contribution in [0.25, 0.3) is 11.3 Å². The van der Waals surface area contributed by atoms with E-state index in [1.807, 2.05) is 0 Å². The van der Waals surface area contributed by atoms with Crippen molar-refractivity contribution in [1.29, 1.82) is 0 Å². The molecule has 9 nitrogen and oxygen atoms in total. The number of carbonyl (C=O) groups is 2. The number of nitrogens with zero attached hydrogens (tertiary/aromatic N) is 2. The zero-order valence-corrected chi connectivity index (χ0v) is 19.6. The summed E-state index contributed by atoms with van der Waals surface area (Å²) in [7, 11) is 0. The van der Waals surface area contributed by atoms with Crippen LogP contribution in [-0.2, 0) is 4.79 Å². The van der Waals surface area contributed by atoms with Gasteiger partial charge in [0.05, 0.1) is 16.7 Å². The molecule has 2 aromatic carbocycles. The van der Waals surface area contributed by atoms with Gasteiger partial charge in [-0.2, -0.15) is 5.10 Å². The molecule has 0 aliphatic carbocycles. The molecule has 0 aliphatic rings. The lowest BCUT2D eigenvalue weighted by Crippen LogP contribution is -2.48. The van der Waals surface area contributed by atoms with Crippen molar-refractivity contribution in [2.75, 3.05) is 0 Å². The van der Waals surface area contributed by atoms with E-state index in [0.717, 1.165) is 0 Å². The maximum absolute atomic E-state index is 12.6. The monoisotopic (exact) mass is 502 g/mol. The van der Waals surface area contributed by atoms with Gasteiger partial charge in [-0.3, -0.25) is 19.7 Å². The van der Waals surface area contributed by atoms with Crippen molar-refractivity contribution in [2.24, 2.45) is 11.0 Å². The Balaban J connectivity index is 1.67. The maximum Gasteiger partial charge on any atom is 0.281 e. The van der Waals surface area contributed by atoms with Crippen LogP contribution >= 0.6 is 23.2 Å². The lowest BCUT2D eigenvalue weighted by atomic mass is 10.0. The number of nitro groups is 1. The fourth-order valence-corrected chi connectivity index (χ4v) is 3.31. The molecule has 3 rings (SSSR count). The second-order valence-corrected chi connectivity index (χ2v) is 8.43. The predicted molar refractivity (Wildman–Crippen MR) is 129 cm³/mol. The van der Waals surface area contributed by atoms with E-state index in [1.54, 1.807) is 50.2 Å².